The third-order valence-corrected chi connectivity index (χ3v) is 5.78. The molecule has 164 valence electrons. The van der Waals surface area contributed by atoms with Crippen molar-refractivity contribution in [1.29, 1.82) is 0 Å². The second-order valence-corrected chi connectivity index (χ2v) is 8.18. The van der Waals surface area contributed by atoms with E-state index in [2.05, 4.69) is 21.3 Å². The number of hydrogen-bond acceptors (Lipinski definition) is 2. The molecule has 4 nitrogen and oxygen atoms in total. The zero-order valence-corrected chi connectivity index (χ0v) is 19.8. The van der Waals surface area contributed by atoms with Crippen LogP contribution in [0.15, 0.2) is 29.3 Å². The Kier molecular flexibility index (Phi) is 8.90. The lowest BCUT2D eigenvalue weighted by molar-refractivity contribution is -0.146. The summed E-state index contributed by atoms with van der Waals surface area (Å²) in [6.07, 6.45) is -2.23. The molecule has 1 aromatic carbocycles. The zero-order chi connectivity index (χ0) is 20.3. The highest BCUT2D eigenvalue weighted by Gasteiger charge is 2.40. The number of nitrogens with one attached hydrogen (secondary N) is 1. The second kappa shape index (κ2) is 10.5. The van der Waals surface area contributed by atoms with Gasteiger partial charge in [0.2, 0.25) is 0 Å². The van der Waals surface area contributed by atoms with E-state index >= 15 is 0 Å². The molecule has 1 aliphatic heterocycles. The largest absolute Gasteiger partial charge is 0.401 e. The minimum atomic E-state index is -4.15. The van der Waals surface area contributed by atoms with Crippen LogP contribution in [0.4, 0.5) is 13.2 Å². The summed E-state index contributed by atoms with van der Waals surface area (Å²) in [6.45, 7) is 3.38. The van der Waals surface area contributed by atoms with Gasteiger partial charge in [0.1, 0.15) is 0 Å². The molecule has 1 saturated carbocycles. The molecule has 9 heteroatoms. The molecule has 2 fully saturated rings. The van der Waals surface area contributed by atoms with Gasteiger partial charge < -0.3 is 10.2 Å². The van der Waals surface area contributed by atoms with Gasteiger partial charge in [0.05, 0.1) is 6.54 Å². The maximum Gasteiger partial charge on any atom is 0.401 e. The van der Waals surface area contributed by atoms with Gasteiger partial charge in [0, 0.05) is 43.7 Å². The van der Waals surface area contributed by atoms with Gasteiger partial charge in [0.25, 0.3) is 0 Å². The number of likely N-dealkylation sites (tertiary alicyclic amines) is 1. The van der Waals surface area contributed by atoms with Crippen LogP contribution in [0.5, 0.6) is 0 Å². The van der Waals surface area contributed by atoms with Crippen LogP contribution in [0.1, 0.15) is 31.2 Å². The van der Waals surface area contributed by atoms with Gasteiger partial charge in [0.15, 0.2) is 5.96 Å². The Balaban J connectivity index is 0.00000300. The Morgan fingerprint density at radius 2 is 2.14 bits per heavy atom. The zero-order valence-electron chi connectivity index (χ0n) is 16.8. The first kappa shape index (κ1) is 24.5. The molecular formula is C20H29ClF3IN4. The number of halogens is 5. The fourth-order valence-electron chi connectivity index (χ4n) is 4.02. The molecule has 3 rings (SSSR count). The van der Waals surface area contributed by atoms with Crippen molar-refractivity contribution in [2.45, 2.75) is 37.9 Å². The maximum absolute atomic E-state index is 12.7. The van der Waals surface area contributed by atoms with Gasteiger partial charge in [-0.15, -0.1) is 24.0 Å². The van der Waals surface area contributed by atoms with Crippen molar-refractivity contribution < 1.29 is 13.2 Å². The molecule has 1 saturated heterocycles. The number of aliphatic imine (C=N–C) groups is 1. The Morgan fingerprint density at radius 1 is 1.38 bits per heavy atom. The summed E-state index contributed by atoms with van der Waals surface area (Å²) in [5, 5.41) is 4.26. The van der Waals surface area contributed by atoms with Gasteiger partial charge in [-0.3, -0.25) is 9.89 Å². The summed E-state index contributed by atoms with van der Waals surface area (Å²) in [5.74, 6) is 1.50. The van der Waals surface area contributed by atoms with Crippen LogP contribution in [-0.4, -0.2) is 67.7 Å². The van der Waals surface area contributed by atoms with Gasteiger partial charge in [-0.25, -0.2) is 0 Å². The molecule has 0 radical (unpaired) electrons. The summed E-state index contributed by atoms with van der Waals surface area (Å²) in [7, 11) is 1.76. The Bertz CT molecular complexity index is 701. The quantitative estimate of drug-likeness (QED) is 0.323. The van der Waals surface area contributed by atoms with Gasteiger partial charge in [-0.2, -0.15) is 13.2 Å². The SMILES string of the molecule is CCN(CC1CCN(C(=NC)NC2CC2c2cccc(Cl)c2)C1)CC(F)(F)F.I. The van der Waals surface area contributed by atoms with E-state index in [1.54, 1.807) is 14.0 Å². The molecule has 2 aliphatic rings. The summed E-state index contributed by atoms with van der Waals surface area (Å²) >= 11 is 6.08. The Morgan fingerprint density at radius 3 is 2.76 bits per heavy atom. The first-order chi connectivity index (χ1) is 13.3. The highest BCUT2D eigenvalue weighted by Crippen LogP contribution is 2.41. The first-order valence-electron chi connectivity index (χ1n) is 9.82. The molecule has 29 heavy (non-hydrogen) atoms. The predicted molar refractivity (Wildman–Crippen MR) is 122 cm³/mol. The molecule has 1 N–H and O–H groups in total. The second-order valence-electron chi connectivity index (χ2n) is 7.74. The van der Waals surface area contributed by atoms with E-state index in [-0.39, 0.29) is 29.9 Å². The molecule has 3 atom stereocenters. The molecule has 0 spiro atoms. The van der Waals surface area contributed by atoms with E-state index in [9.17, 15) is 13.2 Å². The predicted octanol–water partition coefficient (Wildman–Crippen LogP) is 4.60. The number of nitrogens with zero attached hydrogens (tertiary/aromatic N) is 3. The molecule has 0 amide bonds. The number of alkyl halides is 3. The lowest BCUT2D eigenvalue weighted by atomic mass is 10.1. The summed E-state index contributed by atoms with van der Waals surface area (Å²) in [4.78, 5) is 8.05. The molecule has 0 aromatic heterocycles. The topological polar surface area (TPSA) is 30.9 Å². The lowest BCUT2D eigenvalue weighted by Gasteiger charge is -2.26. The summed E-state index contributed by atoms with van der Waals surface area (Å²) < 4.78 is 38.1. The van der Waals surface area contributed by atoms with Crippen molar-refractivity contribution >= 4 is 41.5 Å². The van der Waals surface area contributed by atoms with E-state index < -0.39 is 12.7 Å². The van der Waals surface area contributed by atoms with Crippen LogP contribution in [0.3, 0.4) is 0 Å². The molecule has 1 aliphatic carbocycles. The average molecular weight is 545 g/mol. The standard InChI is InChI=1S/C20H28ClF3N4.HI/c1-3-27(13-20(22,23)24)11-14-7-8-28(12-14)19(25-2)26-18-10-17(18)15-5-4-6-16(21)9-15;/h4-6,9,14,17-18H,3,7-8,10-13H2,1-2H3,(H,25,26);1H. The fraction of sp³-hybridized carbons (Fsp3) is 0.650. The van der Waals surface area contributed by atoms with Crippen LogP contribution < -0.4 is 5.32 Å². The average Bonchev–Trinajstić information content (AvgIpc) is 3.26. The highest BCUT2D eigenvalue weighted by molar-refractivity contribution is 14.0. The van der Waals surface area contributed by atoms with E-state index in [1.165, 1.54) is 10.5 Å². The van der Waals surface area contributed by atoms with Crippen molar-refractivity contribution in [3.05, 3.63) is 34.9 Å². The summed E-state index contributed by atoms with van der Waals surface area (Å²) in [6, 6.07) is 8.26. The maximum atomic E-state index is 12.7. The number of hydrogen-bond donors (Lipinski definition) is 1. The van der Waals surface area contributed by atoms with Crippen molar-refractivity contribution in [1.82, 2.24) is 15.1 Å². The van der Waals surface area contributed by atoms with Gasteiger partial charge in [-0.05, 0) is 43.0 Å². The van der Waals surface area contributed by atoms with Crippen molar-refractivity contribution in [2.75, 3.05) is 39.8 Å². The number of rotatable bonds is 6. The molecule has 0 bridgehead atoms. The molecule has 1 aromatic rings. The number of guanidine groups is 1. The minimum Gasteiger partial charge on any atom is -0.353 e. The Hall–Kier alpha value is -0.740. The fourth-order valence-corrected chi connectivity index (χ4v) is 4.22. The van der Waals surface area contributed by atoms with E-state index in [4.69, 9.17) is 11.6 Å². The van der Waals surface area contributed by atoms with E-state index in [1.807, 2.05) is 18.2 Å². The monoisotopic (exact) mass is 544 g/mol. The highest BCUT2D eigenvalue weighted by atomic mass is 127. The smallest absolute Gasteiger partial charge is 0.353 e. The van der Waals surface area contributed by atoms with Crippen LogP contribution in [0.2, 0.25) is 5.02 Å². The first-order valence-corrected chi connectivity index (χ1v) is 10.2. The van der Waals surface area contributed by atoms with E-state index in [0.29, 0.717) is 25.0 Å². The van der Waals surface area contributed by atoms with Crippen LogP contribution in [0, 0.1) is 5.92 Å². The molecule has 3 unspecified atom stereocenters. The normalized spacial score (nSPS) is 24.6. The molecular weight excluding hydrogens is 516 g/mol. The van der Waals surface area contributed by atoms with Crippen molar-refractivity contribution in [3.63, 3.8) is 0 Å². The third-order valence-electron chi connectivity index (χ3n) is 5.55. The summed E-state index contributed by atoms with van der Waals surface area (Å²) in [5.41, 5.74) is 1.23. The van der Waals surface area contributed by atoms with Crippen LogP contribution in [0.25, 0.3) is 0 Å². The third kappa shape index (κ3) is 7.17. The van der Waals surface area contributed by atoms with Crippen molar-refractivity contribution in [2.24, 2.45) is 10.9 Å². The number of benzene rings is 1. The Labute approximate surface area is 192 Å². The lowest BCUT2D eigenvalue weighted by Crippen LogP contribution is -2.42. The van der Waals surface area contributed by atoms with Crippen LogP contribution in [-0.2, 0) is 0 Å². The molecule has 1 heterocycles. The van der Waals surface area contributed by atoms with Crippen LogP contribution >= 0.6 is 35.6 Å². The van der Waals surface area contributed by atoms with Gasteiger partial charge in [-0.1, -0.05) is 30.7 Å². The van der Waals surface area contributed by atoms with Gasteiger partial charge >= 0.3 is 6.18 Å². The van der Waals surface area contributed by atoms with Crippen molar-refractivity contribution in [3.8, 4) is 0 Å². The van der Waals surface area contributed by atoms with E-state index in [0.717, 1.165) is 36.9 Å². The minimum absolute atomic E-state index is 0.